The number of aliphatic hydroxyl groups excluding tert-OH is 8. The number of hydrogen-bond acceptors (Lipinski definition) is 13. The molecule has 0 bridgehead atoms. The zero-order valence-electron chi connectivity index (χ0n) is 43.2. The molecule has 12 atom stereocenters. The van der Waals surface area contributed by atoms with Crippen molar-refractivity contribution in [1.82, 2.24) is 5.32 Å². The largest absolute Gasteiger partial charge is 0.394 e. The minimum absolute atomic E-state index is 0.251. The number of amides is 1. The third-order valence-corrected chi connectivity index (χ3v) is 13.1. The van der Waals surface area contributed by atoms with E-state index < -0.39 is 86.8 Å². The van der Waals surface area contributed by atoms with Gasteiger partial charge in [0.25, 0.3) is 0 Å². The number of carbonyl (C=O) groups excluding carboxylic acids is 1. The summed E-state index contributed by atoms with van der Waals surface area (Å²) in [7, 11) is 0. The van der Waals surface area contributed by atoms with Crippen molar-refractivity contribution in [2.24, 2.45) is 0 Å². The van der Waals surface area contributed by atoms with Gasteiger partial charge in [-0.05, 0) is 70.6 Å². The molecule has 0 spiro atoms. The molecule has 2 saturated heterocycles. The zero-order chi connectivity index (χ0) is 51.0. The Labute approximate surface area is 422 Å². The first kappa shape index (κ1) is 63.8. The molecule has 2 heterocycles. The lowest BCUT2D eigenvalue weighted by Gasteiger charge is -2.46. The predicted octanol–water partition coefficient (Wildman–Crippen LogP) is 8.22. The maximum atomic E-state index is 13.2. The summed E-state index contributed by atoms with van der Waals surface area (Å²) in [6, 6.07) is -0.946. The van der Waals surface area contributed by atoms with Crippen LogP contribution in [0, 0.1) is 0 Å². The first-order valence-corrected chi connectivity index (χ1v) is 27.5. The Kier molecular flexibility index (Phi) is 38.4. The van der Waals surface area contributed by atoms with Gasteiger partial charge in [0.1, 0.15) is 48.8 Å². The Hall–Kier alpha value is -2.31. The molecule has 0 aromatic rings. The van der Waals surface area contributed by atoms with Gasteiger partial charge in [-0.2, -0.15) is 0 Å². The van der Waals surface area contributed by atoms with Crippen LogP contribution in [-0.2, 0) is 23.7 Å². The summed E-state index contributed by atoms with van der Waals surface area (Å²) >= 11 is 0. The van der Waals surface area contributed by atoms with Gasteiger partial charge in [0.2, 0.25) is 5.91 Å². The van der Waals surface area contributed by atoms with Gasteiger partial charge in [-0.15, -0.1) is 0 Å². The highest BCUT2D eigenvalue weighted by Gasteiger charge is 2.51. The molecule has 406 valence electrons. The normalized spacial score (nSPS) is 26.4. The van der Waals surface area contributed by atoms with Crippen molar-refractivity contribution in [3.63, 3.8) is 0 Å². The van der Waals surface area contributed by atoms with Gasteiger partial charge in [0.05, 0.1) is 32.0 Å². The number of rotatable bonds is 42. The standard InChI is InChI=1S/C56H99NO13/c1-3-5-7-9-11-13-15-17-18-19-20-21-22-23-24-25-26-28-29-31-33-35-37-39-45(60)44(57-48(61)40-38-36-34-32-30-27-16-14-12-10-8-6-4-2)43-67-55-53(66)51(64)54(47(42-59)69-55)70-56-52(65)50(63)49(62)46(41-58)68-56/h8,10,14,16,24-25,29,31,37,39,44-47,49-56,58-60,62-66H,3-7,9,11-13,15,17-23,26-28,30,32-36,38,40-43H2,1-2H3,(H,57,61)/b10-8-,16-14-,25-24+,31-29+,39-37+. The monoisotopic (exact) mass is 994 g/mol. The summed E-state index contributed by atoms with van der Waals surface area (Å²) in [5.74, 6) is -0.271. The summed E-state index contributed by atoms with van der Waals surface area (Å²) in [5, 5.41) is 86.8. The number of unbranched alkanes of at least 4 members (excludes halogenated alkanes) is 21. The lowest BCUT2D eigenvalue weighted by Crippen LogP contribution is -2.65. The summed E-state index contributed by atoms with van der Waals surface area (Å²) < 4.78 is 22.7. The Morgan fingerprint density at radius 2 is 0.986 bits per heavy atom. The van der Waals surface area contributed by atoms with Crippen molar-refractivity contribution < 1.29 is 64.6 Å². The molecule has 2 fully saturated rings. The Bertz CT molecular complexity index is 1410. The molecule has 14 nitrogen and oxygen atoms in total. The molecule has 0 saturated carbocycles. The lowest BCUT2D eigenvalue weighted by molar-refractivity contribution is -0.359. The smallest absolute Gasteiger partial charge is 0.220 e. The van der Waals surface area contributed by atoms with Crippen LogP contribution >= 0.6 is 0 Å². The molecule has 12 unspecified atom stereocenters. The van der Waals surface area contributed by atoms with Crippen LogP contribution in [-0.4, -0.2) is 140 Å². The number of nitrogens with one attached hydrogen (secondary N) is 1. The van der Waals surface area contributed by atoms with Crippen LogP contribution in [0.4, 0.5) is 0 Å². The molecule has 0 aliphatic carbocycles. The van der Waals surface area contributed by atoms with Crippen molar-refractivity contribution in [3.8, 4) is 0 Å². The first-order chi connectivity index (χ1) is 34.1. The third-order valence-electron chi connectivity index (χ3n) is 13.1. The predicted molar refractivity (Wildman–Crippen MR) is 277 cm³/mol. The van der Waals surface area contributed by atoms with E-state index in [9.17, 15) is 45.6 Å². The molecular weight excluding hydrogens is 895 g/mol. The van der Waals surface area contributed by atoms with Crippen molar-refractivity contribution in [2.45, 2.75) is 267 Å². The van der Waals surface area contributed by atoms with E-state index in [1.54, 1.807) is 6.08 Å². The van der Waals surface area contributed by atoms with Crippen LogP contribution in [0.25, 0.3) is 0 Å². The fourth-order valence-corrected chi connectivity index (χ4v) is 8.65. The van der Waals surface area contributed by atoms with Crippen LogP contribution in [0.15, 0.2) is 60.8 Å². The minimum Gasteiger partial charge on any atom is -0.394 e. The maximum absolute atomic E-state index is 13.2. The van der Waals surface area contributed by atoms with Gasteiger partial charge in [-0.25, -0.2) is 0 Å². The number of carbonyl (C=O) groups is 1. The van der Waals surface area contributed by atoms with Crippen LogP contribution in [0.1, 0.15) is 194 Å². The maximum Gasteiger partial charge on any atom is 0.220 e. The Balaban J connectivity index is 1.82. The van der Waals surface area contributed by atoms with Crippen LogP contribution in [0.2, 0.25) is 0 Å². The lowest BCUT2D eigenvalue weighted by atomic mass is 9.97. The third kappa shape index (κ3) is 28.2. The molecule has 70 heavy (non-hydrogen) atoms. The van der Waals surface area contributed by atoms with Gasteiger partial charge < -0.3 is 65.1 Å². The summed E-state index contributed by atoms with van der Waals surface area (Å²) in [6.07, 6.45) is 35.5. The van der Waals surface area contributed by atoms with E-state index in [2.05, 4.69) is 67.8 Å². The van der Waals surface area contributed by atoms with Crippen molar-refractivity contribution >= 4 is 5.91 Å². The fraction of sp³-hybridized carbons (Fsp3) is 0.804. The molecule has 2 aliphatic rings. The molecule has 1 amide bonds. The summed E-state index contributed by atoms with van der Waals surface area (Å²) in [6.45, 7) is 2.68. The molecule has 2 aliphatic heterocycles. The molecule has 14 heteroatoms. The SMILES string of the molecule is CCC/C=C\C/C=C\CCCCCCCC(=O)NC(COC1OC(CO)C(OC2OC(CO)C(O)C(O)C2O)C(O)C1O)C(O)/C=C/CC/C=C/CC/C=C/CCCCCCCCCCCCCCC. The van der Waals surface area contributed by atoms with Crippen LogP contribution in [0.5, 0.6) is 0 Å². The van der Waals surface area contributed by atoms with E-state index >= 15 is 0 Å². The van der Waals surface area contributed by atoms with Gasteiger partial charge in [0, 0.05) is 6.42 Å². The molecule has 2 rings (SSSR count). The molecule has 0 aromatic heterocycles. The van der Waals surface area contributed by atoms with Gasteiger partial charge in [-0.3, -0.25) is 4.79 Å². The van der Waals surface area contributed by atoms with E-state index in [1.807, 2.05) is 6.08 Å². The second kappa shape index (κ2) is 42.1. The highest BCUT2D eigenvalue weighted by Crippen LogP contribution is 2.30. The van der Waals surface area contributed by atoms with Gasteiger partial charge in [-0.1, -0.05) is 177 Å². The van der Waals surface area contributed by atoms with Crippen molar-refractivity contribution in [1.29, 1.82) is 0 Å². The fourth-order valence-electron chi connectivity index (χ4n) is 8.65. The highest BCUT2D eigenvalue weighted by molar-refractivity contribution is 5.76. The molecule has 9 N–H and O–H groups in total. The minimum atomic E-state index is -1.79. The molecule has 0 aromatic carbocycles. The average Bonchev–Trinajstić information content (AvgIpc) is 3.36. The highest BCUT2D eigenvalue weighted by atomic mass is 16.7. The topological polar surface area (TPSA) is 228 Å². The van der Waals surface area contributed by atoms with E-state index in [1.165, 1.54) is 83.5 Å². The van der Waals surface area contributed by atoms with Gasteiger partial charge in [0.15, 0.2) is 12.6 Å². The van der Waals surface area contributed by atoms with E-state index in [0.717, 1.165) is 77.0 Å². The number of allylic oxidation sites excluding steroid dienone is 9. The second-order valence-electron chi connectivity index (χ2n) is 19.3. The van der Waals surface area contributed by atoms with Crippen LogP contribution < -0.4 is 5.32 Å². The molecular formula is C56H99NO13. The number of aliphatic hydroxyl groups is 8. The average molecular weight is 994 g/mol. The van der Waals surface area contributed by atoms with Crippen LogP contribution in [0.3, 0.4) is 0 Å². The zero-order valence-corrected chi connectivity index (χ0v) is 43.2. The van der Waals surface area contributed by atoms with Crippen molar-refractivity contribution in [2.75, 3.05) is 19.8 Å². The van der Waals surface area contributed by atoms with E-state index in [0.29, 0.717) is 12.8 Å². The second-order valence-corrected chi connectivity index (χ2v) is 19.3. The van der Waals surface area contributed by atoms with Crippen molar-refractivity contribution in [3.05, 3.63) is 60.8 Å². The molecule has 0 radical (unpaired) electrons. The first-order valence-electron chi connectivity index (χ1n) is 27.5. The van der Waals surface area contributed by atoms with E-state index in [4.69, 9.17) is 18.9 Å². The summed E-state index contributed by atoms with van der Waals surface area (Å²) in [4.78, 5) is 13.2. The quantitative estimate of drug-likeness (QED) is 0.0208. The van der Waals surface area contributed by atoms with E-state index in [-0.39, 0.29) is 18.9 Å². The van der Waals surface area contributed by atoms with Gasteiger partial charge >= 0.3 is 0 Å². The summed E-state index contributed by atoms with van der Waals surface area (Å²) in [5.41, 5.74) is 0. The Morgan fingerprint density at radius 1 is 0.514 bits per heavy atom. The Morgan fingerprint density at radius 3 is 1.54 bits per heavy atom. The number of ether oxygens (including phenoxy) is 4. The number of hydrogen-bond donors (Lipinski definition) is 9.